The Labute approximate surface area is 193 Å². The lowest BCUT2D eigenvalue weighted by molar-refractivity contribution is -0.222. The van der Waals surface area contributed by atoms with Crippen molar-refractivity contribution in [2.45, 2.75) is 95.1 Å². The van der Waals surface area contributed by atoms with Gasteiger partial charge >= 0.3 is 5.95 Å². The molecule has 33 heavy (non-hydrogen) atoms. The number of aliphatic hydroxyl groups excluding tert-OH is 7. The third-order valence-electron chi connectivity index (χ3n) is 5.66. The number of aliphatic hydroxyl groups is 7. The van der Waals surface area contributed by atoms with Crippen LogP contribution in [0.25, 0.3) is 0 Å². The Hall–Kier alpha value is -1.60. The molecule has 0 spiro atoms. The van der Waals surface area contributed by atoms with Gasteiger partial charge in [0.1, 0.15) is 31.0 Å². The molecule has 0 aromatic heterocycles. The van der Waals surface area contributed by atoms with Crippen LogP contribution in [0, 0.1) is 0 Å². The molecule has 0 aromatic rings. The number of hydrogen-bond acceptors (Lipinski definition) is 11. The van der Waals surface area contributed by atoms with Crippen molar-refractivity contribution in [1.82, 2.24) is 0 Å². The molecule has 0 radical (unpaired) electrons. The van der Waals surface area contributed by atoms with Gasteiger partial charge in [-0.3, -0.25) is 0 Å². The van der Waals surface area contributed by atoms with Crippen molar-refractivity contribution in [2.24, 2.45) is 0 Å². The normalized spacial score (nSPS) is 30.3. The van der Waals surface area contributed by atoms with Gasteiger partial charge in [0, 0.05) is 0 Å². The van der Waals surface area contributed by atoms with Gasteiger partial charge in [0.2, 0.25) is 12.0 Å². The molecule has 0 bridgehead atoms. The van der Waals surface area contributed by atoms with E-state index in [-0.39, 0.29) is 12.4 Å². The maximum atomic E-state index is 10.5. The first-order valence-electron chi connectivity index (χ1n) is 11.6. The van der Waals surface area contributed by atoms with Crippen LogP contribution >= 0.6 is 0 Å². The fraction of sp³-hybridized carbons (Fsp3) is 0.818. The smallest absolute Gasteiger partial charge is 0.327 e. The van der Waals surface area contributed by atoms with Gasteiger partial charge in [0.15, 0.2) is 17.6 Å². The average Bonchev–Trinajstić information content (AvgIpc) is 2.82. The zero-order valence-corrected chi connectivity index (χ0v) is 19.0. The first-order chi connectivity index (χ1) is 15.8. The second kappa shape index (κ2) is 14.0. The summed E-state index contributed by atoms with van der Waals surface area (Å²) in [4.78, 5) is 0. The van der Waals surface area contributed by atoms with Crippen LogP contribution in [0.3, 0.4) is 0 Å². The molecule has 0 fully saturated rings. The molecule has 0 aromatic carbocycles. The minimum atomic E-state index is -1.81. The summed E-state index contributed by atoms with van der Waals surface area (Å²) in [5.41, 5.74) is 0. The van der Waals surface area contributed by atoms with E-state index in [4.69, 9.17) is 18.9 Å². The summed E-state index contributed by atoms with van der Waals surface area (Å²) < 4.78 is 21.4. The maximum Gasteiger partial charge on any atom is 0.327 e. The molecule has 2 aliphatic rings. The van der Waals surface area contributed by atoms with E-state index in [2.05, 4.69) is 6.92 Å². The van der Waals surface area contributed by atoms with Crippen LogP contribution in [0.1, 0.15) is 58.3 Å². The molecule has 0 saturated carbocycles. The third-order valence-corrected chi connectivity index (χ3v) is 5.66. The van der Waals surface area contributed by atoms with Crippen molar-refractivity contribution in [1.29, 1.82) is 0 Å². The lowest BCUT2D eigenvalue weighted by atomic mass is 10.0. The topological polar surface area (TPSA) is 179 Å². The van der Waals surface area contributed by atoms with Gasteiger partial charge in [-0.25, -0.2) is 0 Å². The molecule has 0 amide bonds. The highest BCUT2D eigenvalue weighted by Gasteiger charge is 2.44. The molecule has 11 nitrogen and oxygen atoms in total. The molecule has 0 aliphatic carbocycles. The van der Waals surface area contributed by atoms with Crippen LogP contribution < -0.4 is 0 Å². The zero-order valence-electron chi connectivity index (χ0n) is 19.0. The van der Waals surface area contributed by atoms with Crippen molar-refractivity contribution in [3.8, 4) is 0 Å². The summed E-state index contributed by atoms with van der Waals surface area (Å²) in [7, 11) is 0. The highest BCUT2D eigenvalue weighted by atomic mass is 16.7. The van der Waals surface area contributed by atoms with E-state index < -0.39 is 67.5 Å². The van der Waals surface area contributed by atoms with E-state index >= 15 is 0 Å². The van der Waals surface area contributed by atoms with Gasteiger partial charge in [-0.1, -0.05) is 51.9 Å². The van der Waals surface area contributed by atoms with Crippen molar-refractivity contribution >= 4 is 0 Å². The Balaban J connectivity index is 1.92. The molecule has 11 heteroatoms. The van der Waals surface area contributed by atoms with E-state index in [1.54, 1.807) is 0 Å². The van der Waals surface area contributed by atoms with E-state index in [9.17, 15) is 35.7 Å². The Kier molecular flexibility index (Phi) is 11.7. The number of ether oxygens (including phenoxy) is 4. The predicted octanol–water partition coefficient (Wildman–Crippen LogP) is 0.282. The lowest BCUT2D eigenvalue weighted by Gasteiger charge is -2.36. The molecule has 192 valence electrons. The second-order valence-corrected chi connectivity index (χ2v) is 8.26. The van der Waals surface area contributed by atoms with Gasteiger partial charge in [-0.2, -0.15) is 0 Å². The van der Waals surface area contributed by atoms with Crippen molar-refractivity contribution in [3.05, 3.63) is 23.2 Å². The van der Waals surface area contributed by atoms with E-state index in [0.29, 0.717) is 0 Å². The number of rotatable bonds is 14. The third kappa shape index (κ3) is 7.44. The molecule has 7 N–H and O–H groups in total. The summed E-state index contributed by atoms with van der Waals surface area (Å²) in [6.45, 7) is 1.05. The summed E-state index contributed by atoms with van der Waals surface area (Å²) in [6.07, 6.45) is -0.381. The maximum absolute atomic E-state index is 10.5. The highest BCUT2D eigenvalue weighted by molar-refractivity contribution is 5.18. The van der Waals surface area contributed by atoms with Crippen molar-refractivity contribution in [2.75, 3.05) is 19.8 Å². The van der Waals surface area contributed by atoms with Crippen LogP contribution in [0.4, 0.5) is 0 Å². The molecule has 2 unspecified atom stereocenters. The van der Waals surface area contributed by atoms with Crippen molar-refractivity contribution in [3.63, 3.8) is 0 Å². The Morgan fingerprint density at radius 1 is 0.818 bits per heavy atom. The average molecular weight is 479 g/mol. The molecular formula is C22H38O11. The first-order valence-corrected chi connectivity index (χ1v) is 11.6. The molecular weight excluding hydrogens is 440 g/mol. The summed E-state index contributed by atoms with van der Waals surface area (Å²) in [5, 5.41) is 69.4. The van der Waals surface area contributed by atoms with Crippen LogP contribution in [0.2, 0.25) is 0 Å². The summed E-state index contributed by atoms with van der Waals surface area (Å²) >= 11 is 0. The fourth-order valence-electron chi connectivity index (χ4n) is 3.61. The van der Waals surface area contributed by atoms with Gasteiger partial charge in [0.25, 0.3) is 0 Å². The quantitative estimate of drug-likeness (QED) is 0.171. The highest BCUT2D eigenvalue weighted by Crippen LogP contribution is 2.32. The molecule has 2 aliphatic heterocycles. The summed E-state index contributed by atoms with van der Waals surface area (Å²) in [6, 6.07) is 0. The lowest BCUT2D eigenvalue weighted by Crippen LogP contribution is -2.49. The Morgan fingerprint density at radius 3 is 2.06 bits per heavy atom. The van der Waals surface area contributed by atoms with Gasteiger partial charge in [0.05, 0.1) is 13.2 Å². The molecule has 2 heterocycles. The minimum absolute atomic E-state index is 0.265. The van der Waals surface area contributed by atoms with Crippen LogP contribution in [0.5, 0.6) is 0 Å². The molecule has 2 rings (SSSR count). The minimum Gasteiger partial charge on any atom is -0.504 e. The second-order valence-electron chi connectivity index (χ2n) is 8.26. The first kappa shape index (κ1) is 27.6. The van der Waals surface area contributed by atoms with Gasteiger partial charge in [-0.15, -0.1) is 0 Å². The van der Waals surface area contributed by atoms with Gasteiger partial charge < -0.3 is 54.7 Å². The van der Waals surface area contributed by atoms with E-state index in [1.807, 2.05) is 0 Å². The number of hydrogen-bond donors (Lipinski definition) is 7. The van der Waals surface area contributed by atoms with Gasteiger partial charge in [-0.05, 0) is 6.42 Å². The SMILES string of the molecule is CCCCCCCCCCOC1OC(CO)=C(OC2=C(O)[C@@H](O)[C@H](O)C(CO)O2)[C@@H](O)[C@H]1O. The monoisotopic (exact) mass is 478 g/mol. The molecule has 0 saturated heterocycles. The Bertz CT molecular complexity index is 650. The zero-order chi connectivity index (χ0) is 24.4. The van der Waals surface area contributed by atoms with Crippen LogP contribution in [-0.2, 0) is 18.9 Å². The predicted molar refractivity (Wildman–Crippen MR) is 114 cm³/mol. The van der Waals surface area contributed by atoms with Crippen molar-refractivity contribution < 1.29 is 54.7 Å². The van der Waals surface area contributed by atoms with E-state index in [1.165, 1.54) is 25.7 Å². The van der Waals surface area contributed by atoms with E-state index in [0.717, 1.165) is 25.7 Å². The Morgan fingerprint density at radius 2 is 1.45 bits per heavy atom. The van der Waals surface area contributed by atoms with Crippen LogP contribution in [-0.4, -0.2) is 92.4 Å². The largest absolute Gasteiger partial charge is 0.504 e. The summed E-state index contributed by atoms with van der Waals surface area (Å²) in [5.74, 6) is -2.31. The fourth-order valence-corrected chi connectivity index (χ4v) is 3.61. The van der Waals surface area contributed by atoms with Crippen LogP contribution in [0.15, 0.2) is 23.2 Å². The molecule has 6 atom stereocenters. The number of unbranched alkanes of at least 4 members (excludes halogenated alkanes) is 7. The standard InChI is InChI=1S/C22H38O11/c1-2-3-4-5-6-7-8-9-10-30-21-19(29)17(27)20(14(12-24)32-21)33-22-18(28)16(26)15(25)13(11-23)31-22/h13,15-17,19,21,23-29H,2-12H2,1H3/t13?,15-,16+,17+,19-,21?/m1/s1.